The topological polar surface area (TPSA) is 58.6 Å². The highest BCUT2D eigenvalue weighted by molar-refractivity contribution is 7.16. The lowest BCUT2D eigenvalue weighted by Crippen LogP contribution is -2.41. The Morgan fingerprint density at radius 1 is 1.38 bits per heavy atom. The lowest BCUT2D eigenvalue weighted by atomic mass is 10.2. The van der Waals surface area contributed by atoms with Crippen LogP contribution in [-0.2, 0) is 4.79 Å². The number of rotatable bonds is 4. The molecule has 1 amide bonds. The minimum atomic E-state index is 0.0896. The third-order valence-corrected chi connectivity index (χ3v) is 5.79. The third kappa shape index (κ3) is 3.10. The Morgan fingerprint density at radius 2 is 2.29 bits per heavy atom. The molecule has 7 heteroatoms. The number of hydrogen-bond donors (Lipinski definition) is 0. The predicted molar refractivity (Wildman–Crippen MR) is 93.3 cm³/mol. The molecule has 4 heterocycles. The number of aromatic nitrogens is 2. The molecule has 2 atom stereocenters. The van der Waals surface area contributed by atoms with Crippen LogP contribution in [-0.4, -0.2) is 64.0 Å². The summed E-state index contributed by atoms with van der Waals surface area (Å²) in [6.07, 6.45) is 4.83. The molecule has 2 aromatic rings. The number of carbonyl (C=O) groups is 1. The minimum absolute atomic E-state index is 0.0896. The average molecular weight is 346 g/mol. The van der Waals surface area contributed by atoms with E-state index in [1.165, 1.54) is 0 Å². The summed E-state index contributed by atoms with van der Waals surface area (Å²) >= 11 is 1.59. The number of thiophene rings is 1. The zero-order chi connectivity index (χ0) is 16.5. The second kappa shape index (κ2) is 6.64. The molecule has 0 unspecified atom stereocenters. The summed E-state index contributed by atoms with van der Waals surface area (Å²) in [5.74, 6) is 0.913. The molecule has 2 aliphatic rings. The minimum Gasteiger partial charge on any atom is -0.472 e. The third-order valence-electron chi connectivity index (χ3n) is 4.96. The molecule has 128 valence electrons. The van der Waals surface area contributed by atoms with Gasteiger partial charge in [-0.05, 0) is 37.6 Å². The lowest BCUT2D eigenvalue weighted by molar-refractivity contribution is -0.132. The van der Waals surface area contributed by atoms with Gasteiger partial charge >= 0.3 is 0 Å². The molecule has 0 spiro atoms. The molecule has 0 bridgehead atoms. The van der Waals surface area contributed by atoms with Gasteiger partial charge in [0, 0.05) is 25.7 Å². The van der Waals surface area contributed by atoms with E-state index in [4.69, 9.17) is 4.74 Å². The standard InChI is InChI=1S/C17H22N4O2S/c1-12-3-2-6-21(12)15(22)10-20-7-4-13(9-20)23-16-14-5-8-24-17(14)19-11-18-16/h5,8,11-13H,2-4,6-7,9-10H2,1H3/t12-,13+/m1/s1. The summed E-state index contributed by atoms with van der Waals surface area (Å²) in [6.45, 7) is 5.23. The van der Waals surface area contributed by atoms with Gasteiger partial charge in [0.15, 0.2) is 0 Å². The largest absolute Gasteiger partial charge is 0.472 e. The van der Waals surface area contributed by atoms with Gasteiger partial charge in [-0.3, -0.25) is 9.69 Å². The van der Waals surface area contributed by atoms with Crippen LogP contribution in [0.3, 0.4) is 0 Å². The van der Waals surface area contributed by atoms with Gasteiger partial charge in [-0.25, -0.2) is 9.97 Å². The van der Waals surface area contributed by atoms with Crippen molar-refractivity contribution in [1.82, 2.24) is 19.8 Å². The number of fused-ring (bicyclic) bond motifs is 1. The van der Waals surface area contributed by atoms with Gasteiger partial charge in [-0.1, -0.05) is 0 Å². The number of amides is 1. The van der Waals surface area contributed by atoms with Crippen LogP contribution < -0.4 is 4.74 Å². The summed E-state index contributed by atoms with van der Waals surface area (Å²) < 4.78 is 6.09. The van der Waals surface area contributed by atoms with Gasteiger partial charge in [0.25, 0.3) is 0 Å². The van der Waals surface area contributed by atoms with Gasteiger partial charge < -0.3 is 9.64 Å². The van der Waals surface area contributed by atoms with Crippen LogP contribution >= 0.6 is 11.3 Å². The van der Waals surface area contributed by atoms with E-state index in [-0.39, 0.29) is 12.0 Å². The predicted octanol–water partition coefficient (Wildman–Crippen LogP) is 2.16. The first-order chi connectivity index (χ1) is 11.7. The fourth-order valence-electron chi connectivity index (χ4n) is 3.64. The number of ether oxygens (including phenoxy) is 1. The van der Waals surface area contributed by atoms with E-state index in [1.54, 1.807) is 17.7 Å². The fraction of sp³-hybridized carbons (Fsp3) is 0.588. The van der Waals surface area contributed by atoms with Crippen molar-refractivity contribution >= 4 is 27.5 Å². The Balaban J connectivity index is 1.35. The van der Waals surface area contributed by atoms with E-state index in [0.29, 0.717) is 18.5 Å². The van der Waals surface area contributed by atoms with Crippen molar-refractivity contribution in [2.24, 2.45) is 0 Å². The Morgan fingerprint density at radius 3 is 3.12 bits per heavy atom. The number of likely N-dealkylation sites (tertiary alicyclic amines) is 2. The summed E-state index contributed by atoms with van der Waals surface area (Å²) in [5.41, 5.74) is 0. The van der Waals surface area contributed by atoms with Crippen LogP contribution in [0.4, 0.5) is 0 Å². The molecule has 24 heavy (non-hydrogen) atoms. The molecule has 0 aliphatic carbocycles. The van der Waals surface area contributed by atoms with E-state index in [1.807, 2.05) is 16.3 Å². The van der Waals surface area contributed by atoms with Crippen LogP contribution in [0, 0.1) is 0 Å². The smallest absolute Gasteiger partial charge is 0.236 e. The maximum absolute atomic E-state index is 12.4. The number of hydrogen-bond acceptors (Lipinski definition) is 6. The molecule has 2 saturated heterocycles. The van der Waals surface area contributed by atoms with Crippen LogP contribution in [0.15, 0.2) is 17.8 Å². The maximum Gasteiger partial charge on any atom is 0.236 e. The number of carbonyl (C=O) groups excluding carboxylic acids is 1. The molecule has 0 radical (unpaired) electrons. The molecule has 4 rings (SSSR count). The first-order valence-corrected chi connectivity index (χ1v) is 9.45. The van der Waals surface area contributed by atoms with Crippen molar-refractivity contribution in [3.05, 3.63) is 17.8 Å². The van der Waals surface area contributed by atoms with Gasteiger partial charge in [-0.2, -0.15) is 0 Å². The van der Waals surface area contributed by atoms with E-state index in [0.717, 1.165) is 49.1 Å². The van der Waals surface area contributed by atoms with Gasteiger partial charge in [0.2, 0.25) is 11.8 Å². The zero-order valence-corrected chi connectivity index (χ0v) is 14.7. The molecule has 2 aromatic heterocycles. The SMILES string of the molecule is C[C@@H]1CCCN1C(=O)CN1CC[C@H](Oc2ncnc3sccc23)C1. The molecule has 0 saturated carbocycles. The molecule has 6 nitrogen and oxygen atoms in total. The first-order valence-electron chi connectivity index (χ1n) is 8.57. The highest BCUT2D eigenvalue weighted by atomic mass is 32.1. The van der Waals surface area contributed by atoms with Crippen molar-refractivity contribution < 1.29 is 9.53 Å². The quantitative estimate of drug-likeness (QED) is 0.849. The molecule has 0 aromatic carbocycles. The zero-order valence-electron chi connectivity index (χ0n) is 13.9. The maximum atomic E-state index is 12.4. The van der Waals surface area contributed by atoms with Crippen molar-refractivity contribution in [3.63, 3.8) is 0 Å². The Bertz CT molecular complexity index is 734. The molecular weight excluding hydrogens is 324 g/mol. The summed E-state index contributed by atoms with van der Waals surface area (Å²) in [6, 6.07) is 2.39. The van der Waals surface area contributed by atoms with E-state index in [9.17, 15) is 4.79 Å². The Labute approximate surface area is 145 Å². The summed E-state index contributed by atoms with van der Waals surface area (Å²) in [5, 5.41) is 2.98. The van der Waals surface area contributed by atoms with Crippen LogP contribution in [0.1, 0.15) is 26.2 Å². The fourth-order valence-corrected chi connectivity index (χ4v) is 4.37. The van der Waals surface area contributed by atoms with Crippen LogP contribution in [0.25, 0.3) is 10.2 Å². The van der Waals surface area contributed by atoms with Crippen molar-refractivity contribution in [2.75, 3.05) is 26.2 Å². The molecule has 0 N–H and O–H groups in total. The van der Waals surface area contributed by atoms with E-state index >= 15 is 0 Å². The van der Waals surface area contributed by atoms with Gasteiger partial charge in [0.1, 0.15) is 17.3 Å². The summed E-state index contributed by atoms with van der Waals surface area (Å²) in [4.78, 5) is 26.1. The highest BCUT2D eigenvalue weighted by Crippen LogP contribution is 2.27. The average Bonchev–Trinajstić information content (AvgIpc) is 3.28. The normalized spacial score (nSPS) is 24.8. The second-order valence-electron chi connectivity index (χ2n) is 6.66. The van der Waals surface area contributed by atoms with E-state index < -0.39 is 0 Å². The summed E-state index contributed by atoms with van der Waals surface area (Å²) in [7, 11) is 0. The van der Waals surface area contributed by atoms with Crippen LogP contribution in [0.5, 0.6) is 5.88 Å². The van der Waals surface area contributed by atoms with Crippen LogP contribution in [0.2, 0.25) is 0 Å². The van der Waals surface area contributed by atoms with Gasteiger partial charge in [-0.15, -0.1) is 11.3 Å². The van der Waals surface area contributed by atoms with Crippen molar-refractivity contribution in [2.45, 2.75) is 38.3 Å². The Hall–Kier alpha value is -1.73. The second-order valence-corrected chi connectivity index (χ2v) is 7.55. The molecule has 2 aliphatic heterocycles. The van der Waals surface area contributed by atoms with Crippen molar-refractivity contribution in [1.29, 1.82) is 0 Å². The lowest BCUT2D eigenvalue weighted by Gasteiger charge is -2.24. The molecular formula is C17H22N4O2S. The monoisotopic (exact) mass is 346 g/mol. The first kappa shape index (κ1) is 15.8. The van der Waals surface area contributed by atoms with Gasteiger partial charge in [0.05, 0.1) is 11.9 Å². The Kier molecular flexibility index (Phi) is 4.37. The van der Waals surface area contributed by atoms with Crippen molar-refractivity contribution in [3.8, 4) is 5.88 Å². The van der Waals surface area contributed by atoms with E-state index in [2.05, 4.69) is 21.8 Å². The highest BCUT2D eigenvalue weighted by Gasteiger charge is 2.30. The number of nitrogens with zero attached hydrogens (tertiary/aromatic N) is 4. The molecule has 2 fully saturated rings.